The number of Topliss-reactive ketones (excluding diaryl/α,β-unsaturated/α-hetero) is 1. The fourth-order valence-electron chi connectivity index (χ4n) is 10.7. The highest BCUT2D eigenvalue weighted by molar-refractivity contribution is 7.18. The number of ether oxygens (including phenoxy) is 6. The third-order valence-corrected chi connectivity index (χ3v) is 15.2. The van der Waals surface area contributed by atoms with Crippen LogP contribution in [0.25, 0.3) is 10.6 Å². The molecule has 3 N–H and O–H groups in total. The molecule has 2 aromatic heterocycles. The number of nitrogens with two attached hydrogens (primary N) is 1. The third-order valence-electron chi connectivity index (χ3n) is 14.4. The third kappa shape index (κ3) is 10.7. The second-order valence-corrected chi connectivity index (χ2v) is 20.2. The summed E-state index contributed by atoms with van der Waals surface area (Å²) < 4.78 is 39.6. The van der Waals surface area contributed by atoms with E-state index in [2.05, 4.69) is 32.3 Å². The number of hydrogen-bond acceptors (Lipinski definition) is 18. The molecule has 4 aliphatic rings. The summed E-state index contributed by atoms with van der Waals surface area (Å²) in [7, 11) is 3.53. The number of aromatic nitrogens is 5. The average molecular weight is 952 g/mol. The maximum atomic E-state index is 14.5. The molecule has 20 heteroatoms. The number of carbonyl (C=O) groups is 3. The average Bonchev–Trinajstić information content (AvgIpc) is 3.99. The lowest BCUT2D eigenvalue weighted by atomic mass is 9.73. The number of amides is 1. The molecule has 0 aliphatic carbocycles. The van der Waals surface area contributed by atoms with Gasteiger partial charge in [0, 0.05) is 74.9 Å². The molecule has 0 saturated carbocycles. The molecule has 6 heterocycles. The molecule has 3 saturated heterocycles. The van der Waals surface area contributed by atoms with Gasteiger partial charge in [0.25, 0.3) is 0 Å². The summed E-state index contributed by atoms with van der Waals surface area (Å²) in [5.41, 5.74) is 6.01. The van der Waals surface area contributed by atoms with Crippen LogP contribution < -0.4 is 10.5 Å². The predicted octanol–water partition coefficient (Wildman–Crippen LogP) is 4.85. The minimum atomic E-state index is -1.18. The summed E-state index contributed by atoms with van der Waals surface area (Å²) in [6, 6.07) is 6.83. The van der Waals surface area contributed by atoms with Crippen molar-refractivity contribution in [2.45, 2.75) is 148 Å². The van der Waals surface area contributed by atoms with Gasteiger partial charge in [-0.2, -0.15) is 0 Å². The normalized spacial score (nSPS) is 34.0. The molecule has 1 unspecified atom stereocenters. The number of ketones is 1. The highest BCUT2D eigenvalue weighted by Gasteiger charge is 2.60. The lowest BCUT2D eigenvalue weighted by Crippen LogP contribution is -2.60. The summed E-state index contributed by atoms with van der Waals surface area (Å²) in [4.78, 5) is 50.7. The van der Waals surface area contributed by atoms with Gasteiger partial charge in [0.2, 0.25) is 5.13 Å². The van der Waals surface area contributed by atoms with E-state index in [1.807, 2.05) is 72.1 Å². The number of likely N-dealkylation sites (N-methyl/N-ethyl adjacent to an activating group) is 1. The van der Waals surface area contributed by atoms with Crippen molar-refractivity contribution in [2.75, 3.05) is 46.1 Å². The molecular weight excluding hydrogens is 883 g/mol. The number of hydrogen-bond donors (Lipinski definition) is 2. The minimum absolute atomic E-state index is 0.199. The largest absolute Gasteiger partial charge is 0.494 e. The number of fused-ring (bicyclic) bond motifs is 1. The van der Waals surface area contributed by atoms with Crippen molar-refractivity contribution >= 4 is 40.0 Å². The van der Waals surface area contributed by atoms with E-state index in [0.29, 0.717) is 63.6 Å². The standard InChI is InChI=1S/C47H69N9O10S/c1-11-35-47(8)39-28(4)36(49-18-21-56(39)45(60)66-47)26(2)24-46(7,61-10)40(29(5)37(57)30(6)42(59)64-35)65-43-38(58)34(23-27(3)63-43)54(9)20-17-32-25-55(53-50-32)19-12-22-62-33-15-13-31(14-16-33)41-51-52-44(48)67-41/h13-16,25-30,34-35,38-40,43,58H,11-12,17-24H2,1-10H3,(H2,48,52)/t26-,27-,28+,29-,30-,34+,35-,38-,39?,40-,43+,46-,47-/m1/s1. The van der Waals surface area contributed by atoms with E-state index >= 15 is 0 Å². The molecule has 3 fully saturated rings. The Labute approximate surface area is 397 Å². The van der Waals surface area contributed by atoms with Crippen LogP contribution in [0.1, 0.15) is 86.8 Å². The van der Waals surface area contributed by atoms with E-state index in [4.69, 9.17) is 39.1 Å². The number of esters is 1. The van der Waals surface area contributed by atoms with Gasteiger partial charge in [0.1, 0.15) is 28.9 Å². The fraction of sp³-hybridized carbons (Fsp3) is 0.702. The van der Waals surface area contributed by atoms with Crippen LogP contribution in [0.4, 0.5) is 9.93 Å². The topological polar surface area (TPSA) is 228 Å². The Kier molecular flexibility index (Phi) is 15.7. The number of benzene rings is 1. The maximum Gasteiger partial charge on any atom is 0.410 e. The van der Waals surface area contributed by atoms with Crippen molar-refractivity contribution in [3.63, 3.8) is 0 Å². The van der Waals surface area contributed by atoms with Crippen LogP contribution >= 0.6 is 11.3 Å². The first kappa shape index (κ1) is 50.3. The van der Waals surface area contributed by atoms with Crippen molar-refractivity contribution in [1.82, 2.24) is 35.0 Å². The Balaban J connectivity index is 1.01. The zero-order valence-corrected chi connectivity index (χ0v) is 41.3. The predicted molar refractivity (Wildman–Crippen MR) is 249 cm³/mol. The molecule has 2 bridgehead atoms. The van der Waals surface area contributed by atoms with Crippen molar-refractivity contribution in [3.8, 4) is 16.3 Å². The van der Waals surface area contributed by atoms with Gasteiger partial charge >= 0.3 is 12.1 Å². The van der Waals surface area contributed by atoms with Crippen molar-refractivity contribution in [3.05, 3.63) is 36.2 Å². The first-order chi connectivity index (χ1) is 31.9. The van der Waals surface area contributed by atoms with Crippen LogP contribution in [-0.2, 0) is 46.2 Å². The number of rotatable bonds is 14. The number of nitrogens with zero attached hydrogens (tertiary/aromatic N) is 8. The van der Waals surface area contributed by atoms with Crippen LogP contribution in [0.15, 0.2) is 35.5 Å². The van der Waals surface area contributed by atoms with Gasteiger partial charge in [-0.05, 0) is 84.2 Å². The van der Waals surface area contributed by atoms with Gasteiger partial charge in [0.15, 0.2) is 17.7 Å². The quantitative estimate of drug-likeness (QED) is 0.125. The Hall–Kier alpha value is -4.60. The van der Waals surface area contributed by atoms with Crippen LogP contribution in [0.2, 0.25) is 0 Å². The number of methoxy groups -OCH3 is 1. The van der Waals surface area contributed by atoms with Gasteiger partial charge < -0.3 is 44.2 Å². The summed E-state index contributed by atoms with van der Waals surface area (Å²) >= 11 is 1.33. The summed E-state index contributed by atoms with van der Waals surface area (Å²) in [5, 5.41) is 30.0. The number of aliphatic hydroxyl groups is 1. The summed E-state index contributed by atoms with van der Waals surface area (Å²) in [5.74, 6) is -2.93. The van der Waals surface area contributed by atoms with E-state index in [-0.39, 0.29) is 24.0 Å². The number of anilines is 1. The van der Waals surface area contributed by atoms with Crippen LogP contribution in [0.3, 0.4) is 0 Å². The summed E-state index contributed by atoms with van der Waals surface area (Å²) in [6.45, 7) is 17.3. The first-order valence-electron chi connectivity index (χ1n) is 23.6. The number of cyclic esters (lactones) is 1. The van der Waals surface area contributed by atoms with Gasteiger partial charge in [-0.15, -0.1) is 15.3 Å². The molecule has 0 radical (unpaired) electrons. The highest BCUT2D eigenvalue weighted by Crippen LogP contribution is 2.44. The van der Waals surface area contributed by atoms with Crippen molar-refractivity contribution < 1.29 is 47.9 Å². The Morgan fingerprint density at radius 3 is 2.48 bits per heavy atom. The van der Waals surface area contributed by atoms with E-state index in [9.17, 15) is 19.5 Å². The van der Waals surface area contributed by atoms with Gasteiger partial charge in [-0.3, -0.25) is 24.2 Å². The minimum Gasteiger partial charge on any atom is -0.494 e. The Morgan fingerprint density at radius 2 is 1.79 bits per heavy atom. The smallest absolute Gasteiger partial charge is 0.410 e. The Morgan fingerprint density at radius 1 is 1.04 bits per heavy atom. The van der Waals surface area contributed by atoms with E-state index in [0.717, 1.165) is 34.1 Å². The SMILES string of the molecule is CC[C@H]1OC(=O)[C@H](C)C(=O)[C@@H](C)[C@@H](O[C@@H]2O[C@H](C)C[C@H](N(C)CCc3cn(CCCOc4ccc(-c5nnc(N)s5)cc4)nn3)[C@H]2O)[C@](C)(OC)C[C@@H](C)C2=NCCN3C(=O)O[C@@]1(C)C3[C@H]2C. The monoisotopic (exact) mass is 951 g/mol. The number of aliphatic imine (C=N–C) groups is 1. The maximum absolute atomic E-state index is 14.5. The van der Waals surface area contributed by atoms with Crippen LogP contribution in [0.5, 0.6) is 5.75 Å². The molecule has 368 valence electrons. The molecule has 13 atom stereocenters. The molecule has 1 amide bonds. The van der Waals surface area contributed by atoms with Gasteiger partial charge in [-0.1, -0.05) is 44.2 Å². The van der Waals surface area contributed by atoms with Crippen LogP contribution in [0, 0.1) is 23.7 Å². The lowest BCUT2D eigenvalue weighted by Gasteiger charge is -2.47. The zero-order chi connectivity index (χ0) is 48.4. The Bertz CT molecular complexity index is 2220. The zero-order valence-electron chi connectivity index (χ0n) is 40.5. The van der Waals surface area contributed by atoms with Crippen LogP contribution in [-0.4, -0.2) is 158 Å². The number of aliphatic hydroxyl groups excluding tert-OH is 1. The van der Waals surface area contributed by atoms with Gasteiger partial charge in [0.05, 0.1) is 42.7 Å². The second kappa shape index (κ2) is 21.0. The van der Waals surface area contributed by atoms with E-state index < -0.39 is 71.5 Å². The fourth-order valence-corrected chi connectivity index (χ4v) is 11.3. The highest BCUT2D eigenvalue weighted by atomic mass is 32.1. The second-order valence-electron chi connectivity index (χ2n) is 19.2. The molecule has 3 aromatic rings. The molecule has 19 nitrogen and oxygen atoms in total. The van der Waals surface area contributed by atoms with E-state index in [1.54, 1.807) is 23.6 Å². The van der Waals surface area contributed by atoms with Crippen molar-refractivity contribution in [1.29, 1.82) is 0 Å². The molecule has 1 aromatic carbocycles. The number of carbonyl (C=O) groups excluding carboxylic acids is 3. The van der Waals surface area contributed by atoms with E-state index in [1.165, 1.54) is 18.3 Å². The number of nitrogen functional groups attached to an aromatic ring is 1. The molecule has 67 heavy (non-hydrogen) atoms. The molecule has 0 spiro atoms. The first-order valence-corrected chi connectivity index (χ1v) is 24.4. The lowest BCUT2D eigenvalue weighted by molar-refractivity contribution is -0.295. The van der Waals surface area contributed by atoms with Crippen molar-refractivity contribution in [2.24, 2.45) is 28.7 Å². The molecule has 4 aliphatic heterocycles. The number of aryl methyl sites for hydroxylation is 1. The summed E-state index contributed by atoms with van der Waals surface area (Å²) in [6.07, 6.45) is -0.293. The molecule has 7 rings (SSSR count). The van der Waals surface area contributed by atoms with Gasteiger partial charge in [-0.25, -0.2) is 4.79 Å². The molecular formula is C47H69N9O10S.